The highest BCUT2D eigenvalue weighted by Crippen LogP contribution is 2.46. The van der Waals surface area contributed by atoms with E-state index in [1.807, 2.05) is 35.6 Å². The Bertz CT molecular complexity index is 1570. The Labute approximate surface area is 202 Å². The fraction of sp³-hybridized carbons (Fsp3) is 0. The Morgan fingerprint density at radius 1 is 0.515 bits per heavy atom. The summed E-state index contributed by atoms with van der Waals surface area (Å²) in [7, 11) is 0. The molecule has 6 aromatic rings. The summed E-state index contributed by atoms with van der Waals surface area (Å²) in [6, 6.07) is 42.4. The number of fused-ring (bicyclic) bond motifs is 3. The number of hydrogen-bond donors (Lipinski definition) is 0. The molecule has 5 aromatic carbocycles. The molecule has 0 atom stereocenters. The molecule has 1 nitrogen and oxygen atoms in total. The van der Waals surface area contributed by atoms with E-state index in [1.54, 1.807) is 0 Å². The average molecular weight is 462 g/mol. The van der Waals surface area contributed by atoms with Gasteiger partial charge in [-0.2, -0.15) is 0 Å². The second-order valence-electron chi connectivity index (χ2n) is 7.95. The van der Waals surface area contributed by atoms with Crippen molar-refractivity contribution in [3.05, 3.63) is 126 Å². The number of hydrogen-bond acceptors (Lipinski definition) is 2. The molecule has 0 saturated carbocycles. The maximum absolute atomic E-state index is 6.74. The van der Waals surface area contributed by atoms with Crippen LogP contribution in [0.3, 0.4) is 0 Å². The molecule has 0 saturated heterocycles. The van der Waals surface area contributed by atoms with Crippen LogP contribution >= 0.6 is 22.9 Å². The molecule has 0 unspecified atom stereocenters. The lowest BCUT2D eigenvalue weighted by Gasteiger charge is -2.27. The maximum Gasteiger partial charge on any atom is 0.0648 e. The Balaban J connectivity index is 1.56. The predicted octanol–water partition coefficient (Wildman–Crippen LogP) is 9.84. The van der Waals surface area contributed by atoms with Crippen LogP contribution in [0, 0.1) is 0 Å². The van der Waals surface area contributed by atoms with E-state index < -0.39 is 0 Å². The lowest BCUT2D eigenvalue weighted by atomic mass is 10.0. The number of rotatable bonds is 4. The van der Waals surface area contributed by atoms with Crippen LogP contribution in [0.1, 0.15) is 0 Å². The van der Waals surface area contributed by atoms with Gasteiger partial charge in [0, 0.05) is 21.2 Å². The number of benzene rings is 5. The zero-order valence-electron chi connectivity index (χ0n) is 17.8. The highest BCUT2D eigenvalue weighted by molar-refractivity contribution is 7.26. The standard InChI is InChI=1S/C30H20ClNS/c31-26-13-5-6-14-27(26)32(23-19-17-22(18-20-23)21-9-2-1-3-10-21)28-15-8-12-25-24-11-4-7-16-29(24)33-30(25)28/h1-20H. The molecule has 1 aromatic heterocycles. The highest BCUT2D eigenvalue weighted by atomic mass is 35.5. The molecule has 33 heavy (non-hydrogen) atoms. The van der Waals surface area contributed by atoms with Crippen molar-refractivity contribution < 1.29 is 0 Å². The Morgan fingerprint density at radius 2 is 1.15 bits per heavy atom. The Hall–Kier alpha value is -3.59. The number of anilines is 3. The quantitative estimate of drug-likeness (QED) is 0.252. The van der Waals surface area contributed by atoms with E-state index in [-0.39, 0.29) is 0 Å². The first-order chi connectivity index (χ1) is 16.3. The predicted molar refractivity (Wildman–Crippen MR) is 144 cm³/mol. The number of para-hydroxylation sites is 1. The van der Waals surface area contributed by atoms with E-state index >= 15 is 0 Å². The van der Waals surface area contributed by atoms with Crippen molar-refractivity contribution in [1.29, 1.82) is 0 Å². The van der Waals surface area contributed by atoms with E-state index in [4.69, 9.17) is 11.6 Å². The molecule has 6 rings (SSSR count). The summed E-state index contributed by atoms with van der Waals surface area (Å²) in [6.45, 7) is 0. The maximum atomic E-state index is 6.74. The molecular weight excluding hydrogens is 442 g/mol. The first-order valence-corrected chi connectivity index (χ1v) is 12.1. The molecule has 0 aliphatic rings. The minimum Gasteiger partial charge on any atom is -0.308 e. The third-order valence-corrected chi connectivity index (χ3v) is 7.48. The van der Waals surface area contributed by atoms with Gasteiger partial charge in [-0.25, -0.2) is 0 Å². The molecule has 0 fully saturated rings. The monoisotopic (exact) mass is 461 g/mol. The van der Waals surface area contributed by atoms with Gasteiger partial charge in [-0.1, -0.05) is 96.5 Å². The largest absolute Gasteiger partial charge is 0.308 e. The van der Waals surface area contributed by atoms with E-state index in [1.165, 1.54) is 31.3 Å². The van der Waals surface area contributed by atoms with Gasteiger partial charge >= 0.3 is 0 Å². The molecule has 0 spiro atoms. The second kappa shape index (κ2) is 8.40. The normalized spacial score (nSPS) is 11.2. The van der Waals surface area contributed by atoms with Crippen LogP contribution in [-0.4, -0.2) is 0 Å². The molecule has 3 heteroatoms. The van der Waals surface area contributed by atoms with Crippen LogP contribution in [0.4, 0.5) is 17.1 Å². The summed E-state index contributed by atoms with van der Waals surface area (Å²) in [5.74, 6) is 0. The summed E-state index contributed by atoms with van der Waals surface area (Å²) in [4.78, 5) is 2.27. The van der Waals surface area contributed by atoms with E-state index in [0.29, 0.717) is 0 Å². The highest BCUT2D eigenvalue weighted by Gasteiger charge is 2.19. The fourth-order valence-electron chi connectivity index (χ4n) is 4.38. The third-order valence-electron chi connectivity index (χ3n) is 5.95. The van der Waals surface area contributed by atoms with Crippen LogP contribution in [0.15, 0.2) is 121 Å². The van der Waals surface area contributed by atoms with Gasteiger partial charge in [0.05, 0.1) is 21.1 Å². The average Bonchev–Trinajstić information content (AvgIpc) is 3.26. The zero-order chi connectivity index (χ0) is 22.2. The van der Waals surface area contributed by atoms with Gasteiger partial charge in [0.15, 0.2) is 0 Å². The van der Waals surface area contributed by atoms with Crippen LogP contribution in [0.5, 0.6) is 0 Å². The topological polar surface area (TPSA) is 3.24 Å². The summed E-state index contributed by atoms with van der Waals surface area (Å²) in [6.07, 6.45) is 0. The molecule has 0 aliphatic carbocycles. The van der Waals surface area contributed by atoms with Crippen LogP contribution < -0.4 is 4.90 Å². The minimum absolute atomic E-state index is 0.725. The molecule has 1 heterocycles. The summed E-state index contributed by atoms with van der Waals surface area (Å²) in [5, 5.41) is 3.28. The van der Waals surface area contributed by atoms with Gasteiger partial charge in [-0.3, -0.25) is 0 Å². The lowest BCUT2D eigenvalue weighted by Crippen LogP contribution is -2.10. The molecule has 0 N–H and O–H groups in total. The molecule has 0 amide bonds. The van der Waals surface area contributed by atoms with Crippen molar-refractivity contribution >= 4 is 60.2 Å². The Kier molecular flexibility index (Phi) is 5.10. The van der Waals surface area contributed by atoms with Crippen molar-refractivity contribution in [3.8, 4) is 11.1 Å². The van der Waals surface area contributed by atoms with Crippen molar-refractivity contribution in [3.63, 3.8) is 0 Å². The summed E-state index contributed by atoms with van der Waals surface area (Å²) >= 11 is 8.56. The van der Waals surface area contributed by atoms with Gasteiger partial charge < -0.3 is 4.90 Å². The number of halogens is 1. The van der Waals surface area contributed by atoms with Gasteiger partial charge in [0.25, 0.3) is 0 Å². The first-order valence-electron chi connectivity index (χ1n) is 10.9. The van der Waals surface area contributed by atoms with Gasteiger partial charge in [0.2, 0.25) is 0 Å². The minimum atomic E-state index is 0.725. The van der Waals surface area contributed by atoms with E-state index in [0.717, 1.165) is 22.1 Å². The molecule has 158 valence electrons. The van der Waals surface area contributed by atoms with Crippen LogP contribution in [-0.2, 0) is 0 Å². The fourth-order valence-corrected chi connectivity index (χ4v) is 5.81. The van der Waals surface area contributed by atoms with Crippen molar-refractivity contribution in [2.24, 2.45) is 0 Å². The molecule has 0 radical (unpaired) electrons. The van der Waals surface area contributed by atoms with Crippen molar-refractivity contribution in [2.45, 2.75) is 0 Å². The van der Waals surface area contributed by atoms with E-state index in [9.17, 15) is 0 Å². The van der Waals surface area contributed by atoms with E-state index in [2.05, 4.69) is 102 Å². The van der Waals surface area contributed by atoms with Gasteiger partial charge in [-0.05, 0) is 47.5 Å². The first kappa shape index (κ1) is 20.0. The smallest absolute Gasteiger partial charge is 0.0648 e. The second-order valence-corrected chi connectivity index (χ2v) is 9.41. The zero-order valence-corrected chi connectivity index (χ0v) is 19.4. The molecular formula is C30H20ClNS. The van der Waals surface area contributed by atoms with Crippen molar-refractivity contribution in [1.82, 2.24) is 0 Å². The number of thiophene rings is 1. The summed E-state index contributed by atoms with van der Waals surface area (Å²) in [5.41, 5.74) is 5.58. The van der Waals surface area contributed by atoms with Gasteiger partial charge in [0.1, 0.15) is 0 Å². The Morgan fingerprint density at radius 3 is 1.97 bits per heavy atom. The third kappa shape index (κ3) is 3.58. The molecule has 0 aliphatic heterocycles. The van der Waals surface area contributed by atoms with Gasteiger partial charge in [-0.15, -0.1) is 11.3 Å². The lowest BCUT2D eigenvalue weighted by molar-refractivity contribution is 1.30. The van der Waals surface area contributed by atoms with Crippen LogP contribution in [0.2, 0.25) is 5.02 Å². The SMILES string of the molecule is Clc1ccccc1N(c1ccc(-c2ccccc2)cc1)c1cccc2c1sc1ccccc12. The molecule has 0 bridgehead atoms. The van der Waals surface area contributed by atoms with Crippen molar-refractivity contribution in [2.75, 3.05) is 4.90 Å². The summed E-state index contributed by atoms with van der Waals surface area (Å²) < 4.78 is 2.55. The van der Waals surface area contributed by atoms with Crippen LogP contribution in [0.25, 0.3) is 31.3 Å². The number of nitrogens with zero attached hydrogens (tertiary/aromatic N) is 1.